The maximum Gasteiger partial charge on any atom is 0.341 e. The average molecular weight is 406 g/mol. The van der Waals surface area contributed by atoms with Gasteiger partial charge in [-0.1, -0.05) is 17.7 Å². The van der Waals surface area contributed by atoms with Crippen LogP contribution in [0.3, 0.4) is 0 Å². The highest BCUT2D eigenvalue weighted by molar-refractivity contribution is 6.32. The third-order valence-corrected chi connectivity index (χ3v) is 3.71. The minimum atomic E-state index is -1.10. The molecule has 0 fully saturated rings. The fourth-order valence-electron chi connectivity index (χ4n) is 2.07. The summed E-state index contributed by atoms with van der Waals surface area (Å²) in [6, 6.07) is 12.1. The van der Waals surface area contributed by atoms with Crippen molar-refractivity contribution in [3.8, 4) is 11.5 Å². The number of carboxylic acids is 1. The zero-order chi connectivity index (χ0) is 20.5. The van der Waals surface area contributed by atoms with Crippen molar-refractivity contribution in [1.82, 2.24) is 5.43 Å². The van der Waals surface area contributed by atoms with Crippen molar-refractivity contribution < 1.29 is 24.2 Å². The Morgan fingerprint density at radius 3 is 2.64 bits per heavy atom. The largest absolute Gasteiger partial charge is 0.484 e. The number of halogens is 1. The summed E-state index contributed by atoms with van der Waals surface area (Å²) in [6.45, 7) is -0.669. The Morgan fingerprint density at radius 2 is 1.96 bits per heavy atom. The van der Waals surface area contributed by atoms with Gasteiger partial charge < -0.3 is 19.5 Å². The molecule has 9 heteroatoms. The molecule has 2 N–H and O–H groups in total. The van der Waals surface area contributed by atoms with Gasteiger partial charge in [0.25, 0.3) is 5.91 Å². The molecule has 0 saturated heterocycles. The zero-order valence-corrected chi connectivity index (χ0v) is 16.1. The molecule has 0 saturated carbocycles. The highest BCUT2D eigenvalue weighted by atomic mass is 35.5. The molecule has 1 amide bonds. The van der Waals surface area contributed by atoms with Gasteiger partial charge in [0.2, 0.25) is 0 Å². The average Bonchev–Trinajstić information content (AvgIpc) is 2.66. The van der Waals surface area contributed by atoms with Crippen molar-refractivity contribution in [1.29, 1.82) is 0 Å². The Bertz CT molecular complexity index is 870. The quantitative estimate of drug-likeness (QED) is 0.491. The molecule has 0 aromatic heterocycles. The van der Waals surface area contributed by atoms with E-state index in [1.807, 2.05) is 37.2 Å². The summed E-state index contributed by atoms with van der Waals surface area (Å²) in [5.74, 6) is -0.688. The molecule has 148 valence electrons. The van der Waals surface area contributed by atoms with Crippen LogP contribution in [-0.2, 0) is 9.59 Å². The number of aliphatic carboxylic acids is 1. The Hall–Kier alpha value is -3.26. The standard InChI is InChI=1S/C19H20ClN3O5/c1-23(2)14-4-3-5-15(9-14)27-11-18(24)22-21-10-13-6-7-17(16(20)8-13)28-12-19(25)26/h3-10H,11-12H2,1-2H3,(H,22,24)(H,25,26)/b21-10-. The predicted octanol–water partition coefficient (Wildman–Crippen LogP) is 2.40. The molecular formula is C19H20ClN3O5. The predicted molar refractivity (Wildman–Crippen MR) is 107 cm³/mol. The highest BCUT2D eigenvalue weighted by Crippen LogP contribution is 2.24. The fraction of sp³-hybridized carbons (Fsp3) is 0.211. The third-order valence-electron chi connectivity index (χ3n) is 3.41. The number of ether oxygens (including phenoxy) is 2. The van der Waals surface area contributed by atoms with Crippen LogP contribution in [0.1, 0.15) is 5.56 Å². The molecule has 8 nitrogen and oxygen atoms in total. The number of carboxylic acid groups (broad SMARTS) is 1. The number of hydrogen-bond acceptors (Lipinski definition) is 6. The fourth-order valence-corrected chi connectivity index (χ4v) is 2.31. The van der Waals surface area contributed by atoms with E-state index in [9.17, 15) is 9.59 Å². The number of rotatable bonds is 9. The van der Waals surface area contributed by atoms with Crippen LogP contribution in [0.5, 0.6) is 11.5 Å². The minimum Gasteiger partial charge on any atom is -0.484 e. The third kappa shape index (κ3) is 6.81. The number of carbonyl (C=O) groups is 2. The van der Waals surface area contributed by atoms with Gasteiger partial charge in [-0.25, -0.2) is 10.2 Å². The lowest BCUT2D eigenvalue weighted by molar-refractivity contribution is -0.139. The minimum absolute atomic E-state index is 0.184. The van der Waals surface area contributed by atoms with E-state index in [2.05, 4.69) is 10.5 Å². The van der Waals surface area contributed by atoms with Crippen molar-refractivity contribution in [2.24, 2.45) is 5.10 Å². The van der Waals surface area contributed by atoms with Gasteiger partial charge in [0, 0.05) is 25.8 Å². The molecular weight excluding hydrogens is 386 g/mol. The highest BCUT2D eigenvalue weighted by Gasteiger charge is 2.06. The van der Waals surface area contributed by atoms with Crippen LogP contribution in [0.15, 0.2) is 47.6 Å². The smallest absolute Gasteiger partial charge is 0.341 e. The number of benzene rings is 2. The summed E-state index contributed by atoms with van der Waals surface area (Å²) >= 11 is 6.02. The van der Waals surface area contributed by atoms with Crippen LogP contribution in [0, 0.1) is 0 Å². The van der Waals surface area contributed by atoms with Gasteiger partial charge in [0.15, 0.2) is 13.2 Å². The first-order valence-corrected chi connectivity index (χ1v) is 8.59. The Kier molecular flexibility index (Phi) is 7.65. The first-order chi connectivity index (χ1) is 13.3. The van der Waals surface area contributed by atoms with E-state index in [0.29, 0.717) is 11.3 Å². The van der Waals surface area contributed by atoms with Gasteiger partial charge in [0.1, 0.15) is 11.5 Å². The van der Waals surface area contributed by atoms with Crippen LogP contribution >= 0.6 is 11.6 Å². The van der Waals surface area contributed by atoms with E-state index in [0.717, 1.165) is 5.69 Å². The first-order valence-electron chi connectivity index (χ1n) is 8.21. The van der Waals surface area contributed by atoms with Crippen LogP contribution < -0.4 is 19.8 Å². The van der Waals surface area contributed by atoms with E-state index in [-0.39, 0.29) is 17.4 Å². The molecule has 0 atom stereocenters. The van der Waals surface area contributed by atoms with Gasteiger partial charge in [-0.15, -0.1) is 0 Å². The van der Waals surface area contributed by atoms with Crippen molar-refractivity contribution in [3.63, 3.8) is 0 Å². The summed E-state index contributed by atoms with van der Waals surface area (Å²) in [7, 11) is 3.83. The summed E-state index contributed by atoms with van der Waals surface area (Å²) in [4.78, 5) is 24.3. The Morgan fingerprint density at radius 1 is 1.18 bits per heavy atom. The Balaban J connectivity index is 1.83. The number of nitrogens with zero attached hydrogens (tertiary/aromatic N) is 2. The molecule has 2 rings (SSSR count). The SMILES string of the molecule is CN(C)c1cccc(OCC(=O)N/N=C\c2ccc(OCC(=O)O)c(Cl)c2)c1. The summed E-state index contributed by atoms with van der Waals surface area (Å²) < 4.78 is 10.5. The molecule has 0 radical (unpaired) electrons. The lowest BCUT2D eigenvalue weighted by atomic mass is 10.2. The van der Waals surface area contributed by atoms with E-state index in [1.54, 1.807) is 12.1 Å². The van der Waals surface area contributed by atoms with Gasteiger partial charge in [0.05, 0.1) is 11.2 Å². The van der Waals surface area contributed by atoms with Crippen LogP contribution in [0.2, 0.25) is 5.02 Å². The Labute approximate surface area is 167 Å². The number of amides is 1. The molecule has 0 aliphatic carbocycles. The maximum atomic E-state index is 11.8. The van der Waals surface area contributed by atoms with Crippen molar-refractivity contribution in [3.05, 3.63) is 53.1 Å². The number of hydrogen-bond donors (Lipinski definition) is 2. The second kappa shape index (κ2) is 10.2. The molecule has 2 aromatic carbocycles. The lowest BCUT2D eigenvalue weighted by Crippen LogP contribution is -2.24. The number of anilines is 1. The molecule has 28 heavy (non-hydrogen) atoms. The normalized spacial score (nSPS) is 10.5. The van der Waals surface area contributed by atoms with E-state index < -0.39 is 18.5 Å². The molecule has 0 bridgehead atoms. The molecule has 0 heterocycles. The molecule has 0 aliphatic heterocycles. The monoisotopic (exact) mass is 405 g/mol. The van der Waals surface area contributed by atoms with Crippen molar-refractivity contribution in [2.45, 2.75) is 0 Å². The summed E-state index contributed by atoms with van der Waals surface area (Å²) in [6.07, 6.45) is 1.40. The summed E-state index contributed by atoms with van der Waals surface area (Å²) in [5.41, 5.74) is 3.92. The second-order valence-electron chi connectivity index (χ2n) is 5.85. The van der Waals surface area contributed by atoms with Gasteiger partial charge in [-0.3, -0.25) is 4.79 Å². The van der Waals surface area contributed by atoms with E-state index >= 15 is 0 Å². The molecule has 0 aliphatic rings. The number of carbonyl (C=O) groups excluding carboxylic acids is 1. The number of hydrazone groups is 1. The van der Waals surface area contributed by atoms with Crippen LogP contribution in [-0.4, -0.2) is 50.5 Å². The van der Waals surface area contributed by atoms with Gasteiger partial charge in [-0.05, 0) is 35.9 Å². The van der Waals surface area contributed by atoms with Crippen molar-refractivity contribution in [2.75, 3.05) is 32.2 Å². The molecule has 0 spiro atoms. The van der Waals surface area contributed by atoms with Crippen LogP contribution in [0.4, 0.5) is 5.69 Å². The van der Waals surface area contributed by atoms with E-state index in [4.69, 9.17) is 26.2 Å². The second-order valence-corrected chi connectivity index (χ2v) is 6.25. The van der Waals surface area contributed by atoms with Crippen LogP contribution in [0.25, 0.3) is 0 Å². The first kappa shape index (κ1) is 21.0. The topological polar surface area (TPSA) is 100 Å². The van der Waals surface area contributed by atoms with E-state index in [1.165, 1.54) is 18.3 Å². The molecule has 0 unspecified atom stereocenters. The maximum absolute atomic E-state index is 11.8. The summed E-state index contributed by atoms with van der Waals surface area (Å²) in [5, 5.41) is 12.7. The molecule has 2 aromatic rings. The lowest BCUT2D eigenvalue weighted by Gasteiger charge is -2.13. The van der Waals surface area contributed by atoms with Gasteiger partial charge in [-0.2, -0.15) is 5.10 Å². The van der Waals surface area contributed by atoms with Gasteiger partial charge >= 0.3 is 5.97 Å². The zero-order valence-electron chi connectivity index (χ0n) is 15.4. The van der Waals surface area contributed by atoms with Crippen molar-refractivity contribution >= 4 is 35.4 Å². The number of nitrogens with one attached hydrogen (secondary N) is 1.